The van der Waals surface area contributed by atoms with Crippen LogP contribution in [-0.4, -0.2) is 9.97 Å². The van der Waals surface area contributed by atoms with Crippen LogP contribution in [0.4, 0.5) is 0 Å². The molecule has 0 bridgehead atoms. The monoisotopic (exact) mass is 728 g/mol. The summed E-state index contributed by atoms with van der Waals surface area (Å²) in [4.78, 5) is 10.7. The molecule has 10 aromatic rings. The van der Waals surface area contributed by atoms with Gasteiger partial charge in [0.15, 0.2) is 5.82 Å². The van der Waals surface area contributed by atoms with E-state index < -0.39 is 5.41 Å². The fraction of sp³-hybridized carbons (Fsp3) is 0.0370. The van der Waals surface area contributed by atoms with Crippen LogP contribution in [0.25, 0.3) is 89.2 Å². The van der Waals surface area contributed by atoms with Crippen LogP contribution in [0.15, 0.2) is 205 Å². The Morgan fingerprint density at radius 3 is 1.79 bits per heavy atom. The van der Waals surface area contributed by atoms with Gasteiger partial charge in [-0.25, -0.2) is 9.97 Å². The molecule has 1 aliphatic carbocycles. The predicted molar refractivity (Wildman–Crippen MR) is 234 cm³/mol. The van der Waals surface area contributed by atoms with Gasteiger partial charge in [0, 0.05) is 32.9 Å². The summed E-state index contributed by atoms with van der Waals surface area (Å²) < 4.78 is 6.22. The first-order valence-corrected chi connectivity index (χ1v) is 19.5. The van der Waals surface area contributed by atoms with Crippen molar-refractivity contribution in [2.45, 2.75) is 12.3 Å². The number of hydrogen-bond donors (Lipinski definition) is 0. The molecule has 2 aromatic heterocycles. The van der Waals surface area contributed by atoms with Gasteiger partial charge in [-0.1, -0.05) is 158 Å². The fourth-order valence-electron chi connectivity index (χ4n) is 8.98. The number of furan rings is 1. The minimum atomic E-state index is -0.391. The zero-order valence-electron chi connectivity index (χ0n) is 31.4. The Kier molecular flexibility index (Phi) is 7.61. The SMILES string of the molecule is CC1(c2ccccc2)c2ccccc2-c2cccc(-c3cc(-c4cc(-c5ccccc5)cc(-c5ccc6oc7ccccc7c6c5)c4)nc(-c4ccccc4)n3)c21. The van der Waals surface area contributed by atoms with Crippen LogP contribution in [0.5, 0.6) is 0 Å². The molecular weight excluding hydrogens is 693 g/mol. The molecule has 268 valence electrons. The Balaban J connectivity index is 1.16. The van der Waals surface area contributed by atoms with Crippen LogP contribution in [-0.2, 0) is 5.41 Å². The number of nitrogens with zero attached hydrogens (tertiary/aromatic N) is 2. The third kappa shape index (κ3) is 5.43. The second-order valence-corrected chi connectivity index (χ2v) is 15.1. The average Bonchev–Trinajstić information content (AvgIpc) is 3.80. The normalized spacial score (nSPS) is 14.5. The van der Waals surface area contributed by atoms with E-state index in [1.165, 1.54) is 27.8 Å². The first kappa shape index (κ1) is 33.0. The van der Waals surface area contributed by atoms with Crippen molar-refractivity contribution in [3.8, 4) is 67.3 Å². The summed E-state index contributed by atoms with van der Waals surface area (Å²) in [5.74, 6) is 0.690. The summed E-state index contributed by atoms with van der Waals surface area (Å²) >= 11 is 0. The fourth-order valence-corrected chi connectivity index (χ4v) is 8.98. The van der Waals surface area contributed by atoms with Crippen molar-refractivity contribution in [3.63, 3.8) is 0 Å². The second-order valence-electron chi connectivity index (χ2n) is 15.1. The average molecular weight is 729 g/mol. The minimum Gasteiger partial charge on any atom is -0.456 e. The van der Waals surface area contributed by atoms with Crippen LogP contribution in [0, 0.1) is 0 Å². The van der Waals surface area contributed by atoms with Gasteiger partial charge in [0.05, 0.1) is 11.4 Å². The number of benzene rings is 8. The summed E-state index contributed by atoms with van der Waals surface area (Å²) in [5, 5.41) is 2.22. The summed E-state index contributed by atoms with van der Waals surface area (Å²) in [5.41, 5.74) is 17.0. The van der Waals surface area contributed by atoms with Gasteiger partial charge in [-0.3, -0.25) is 0 Å². The van der Waals surface area contributed by atoms with Gasteiger partial charge in [-0.05, 0) is 99.5 Å². The molecule has 0 spiro atoms. The predicted octanol–water partition coefficient (Wildman–Crippen LogP) is 14.0. The van der Waals surface area contributed by atoms with Gasteiger partial charge < -0.3 is 4.42 Å². The molecule has 3 nitrogen and oxygen atoms in total. The van der Waals surface area contributed by atoms with Crippen molar-refractivity contribution in [1.29, 1.82) is 0 Å². The van der Waals surface area contributed by atoms with Crippen LogP contribution >= 0.6 is 0 Å². The third-order valence-corrected chi connectivity index (χ3v) is 11.8. The second kappa shape index (κ2) is 13.1. The maximum atomic E-state index is 6.22. The van der Waals surface area contributed by atoms with E-state index in [9.17, 15) is 0 Å². The first-order valence-electron chi connectivity index (χ1n) is 19.5. The number of para-hydroxylation sites is 1. The molecule has 1 aliphatic rings. The molecule has 57 heavy (non-hydrogen) atoms. The molecule has 0 N–H and O–H groups in total. The topological polar surface area (TPSA) is 38.9 Å². The standard InChI is InChI=1S/C54H36N2O/c1-54(41-20-9-4-10-21-41)47-26-13-11-22-42(47)44-24-15-25-45(52(44)54)49-34-48(55-53(56-49)36-18-7-3-8-19-36)40-31-38(35-16-5-2-6-17-35)30-39(32-40)37-28-29-51-46(33-37)43-23-12-14-27-50(43)57-51/h2-34H,1H3. The van der Waals surface area contributed by atoms with Gasteiger partial charge in [0.25, 0.3) is 0 Å². The van der Waals surface area contributed by atoms with E-state index in [1.807, 2.05) is 18.2 Å². The van der Waals surface area contributed by atoms with Crippen molar-refractivity contribution < 1.29 is 4.42 Å². The smallest absolute Gasteiger partial charge is 0.160 e. The maximum absolute atomic E-state index is 6.22. The van der Waals surface area contributed by atoms with Crippen LogP contribution in [0.1, 0.15) is 23.6 Å². The molecule has 0 saturated heterocycles. The van der Waals surface area contributed by atoms with Gasteiger partial charge in [-0.2, -0.15) is 0 Å². The molecule has 8 aromatic carbocycles. The molecule has 0 fully saturated rings. The molecule has 1 unspecified atom stereocenters. The van der Waals surface area contributed by atoms with Crippen LogP contribution < -0.4 is 0 Å². The highest BCUT2D eigenvalue weighted by molar-refractivity contribution is 6.06. The molecular formula is C54H36N2O. The lowest BCUT2D eigenvalue weighted by atomic mass is 9.72. The molecule has 0 saturated carbocycles. The van der Waals surface area contributed by atoms with E-state index in [4.69, 9.17) is 14.4 Å². The van der Waals surface area contributed by atoms with Crippen LogP contribution in [0.2, 0.25) is 0 Å². The minimum absolute atomic E-state index is 0.391. The molecule has 1 atom stereocenters. The summed E-state index contributed by atoms with van der Waals surface area (Å²) in [6, 6.07) is 71.1. The van der Waals surface area contributed by atoms with E-state index in [0.29, 0.717) is 5.82 Å². The highest BCUT2D eigenvalue weighted by Crippen LogP contribution is 2.55. The largest absolute Gasteiger partial charge is 0.456 e. The number of aromatic nitrogens is 2. The van der Waals surface area contributed by atoms with E-state index in [1.54, 1.807) is 0 Å². The lowest BCUT2D eigenvalue weighted by Gasteiger charge is -2.30. The lowest BCUT2D eigenvalue weighted by molar-refractivity contribution is 0.669. The van der Waals surface area contributed by atoms with Crippen molar-refractivity contribution >= 4 is 21.9 Å². The highest BCUT2D eigenvalue weighted by atomic mass is 16.3. The molecule has 11 rings (SSSR count). The number of fused-ring (bicyclic) bond motifs is 6. The van der Waals surface area contributed by atoms with E-state index >= 15 is 0 Å². The quantitative estimate of drug-likeness (QED) is 0.171. The molecule has 0 radical (unpaired) electrons. The summed E-state index contributed by atoms with van der Waals surface area (Å²) in [7, 11) is 0. The number of rotatable bonds is 6. The van der Waals surface area contributed by atoms with E-state index in [2.05, 4.69) is 189 Å². The van der Waals surface area contributed by atoms with Gasteiger partial charge in [0.1, 0.15) is 11.2 Å². The molecule has 0 amide bonds. The zero-order valence-corrected chi connectivity index (χ0v) is 31.4. The Labute approximate surface area is 331 Å². The highest BCUT2D eigenvalue weighted by Gasteiger charge is 2.42. The van der Waals surface area contributed by atoms with Crippen molar-refractivity contribution in [2.24, 2.45) is 0 Å². The maximum Gasteiger partial charge on any atom is 0.160 e. The van der Waals surface area contributed by atoms with Crippen molar-refractivity contribution in [3.05, 3.63) is 217 Å². The Morgan fingerprint density at radius 2 is 0.982 bits per heavy atom. The zero-order chi connectivity index (χ0) is 37.9. The lowest BCUT2D eigenvalue weighted by Crippen LogP contribution is -2.23. The summed E-state index contributed by atoms with van der Waals surface area (Å²) in [6.07, 6.45) is 0. The van der Waals surface area contributed by atoms with Gasteiger partial charge in [-0.15, -0.1) is 0 Å². The molecule has 0 aliphatic heterocycles. The third-order valence-electron chi connectivity index (χ3n) is 11.8. The molecule has 2 heterocycles. The first-order chi connectivity index (χ1) is 28.1. The van der Waals surface area contributed by atoms with Crippen molar-refractivity contribution in [2.75, 3.05) is 0 Å². The van der Waals surface area contributed by atoms with Gasteiger partial charge in [0.2, 0.25) is 0 Å². The summed E-state index contributed by atoms with van der Waals surface area (Å²) in [6.45, 7) is 2.37. The van der Waals surface area contributed by atoms with Gasteiger partial charge >= 0.3 is 0 Å². The van der Waals surface area contributed by atoms with Crippen molar-refractivity contribution in [1.82, 2.24) is 9.97 Å². The van der Waals surface area contributed by atoms with E-state index in [-0.39, 0.29) is 0 Å². The van der Waals surface area contributed by atoms with Crippen LogP contribution in [0.3, 0.4) is 0 Å². The number of hydrogen-bond acceptors (Lipinski definition) is 3. The Morgan fingerprint density at radius 1 is 0.386 bits per heavy atom. The van der Waals surface area contributed by atoms with E-state index in [0.717, 1.165) is 72.3 Å². The molecule has 3 heteroatoms. The Hall–Kier alpha value is -7.36. The Bertz CT molecular complexity index is 3130.